The number of hydrogen-bond donors (Lipinski definition) is 3. The lowest BCUT2D eigenvalue weighted by atomic mass is 9.98. The van der Waals surface area contributed by atoms with Crippen LogP contribution in [0.5, 0.6) is 5.75 Å². The summed E-state index contributed by atoms with van der Waals surface area (Å²) in [5, 5.41) is 15.0. The first-order valence-corrected chi connectivity index (χ1v) is 13.4. The summed E-state index contributed by atoms with van der Waals surface area (Å²) in [6.07, 6.45) is 2.59. The lowest BCUT2D eigenvalue weighted by Gasteiger charge is -2.35. The van der Waals surface area contributed by atoms with Gasteiger partial charge in [-0.1, -0.05) is 11.6 Å². The summed E-state index contributed by atoms with van der Waals surface area (Å²) >= 11 is 6.28. The normalized spacial score (nSPS) is 18.4. The third-order valence-corrected chi connectivity index (χ3v) is 7.35. The molecule has 0 saturated carbocycles. The smallest absolute Gasteiger partial charge is 0.258 e. The third kappa shape index (κ3) is 5.47. The van der Waals surface area contributed by atoms with Crippen LogP contribution in [0.4, 0.5) is 11.6 Å². The second-order valence-electron chi connectivity index (χ2n) is 9.77. The van der Waals surface area contributed by atoms with E-state index in [1.165, 1.54) is 0 Å². The number of hydrogen-bond acceptors (Lipinski definition) is 9. The van der Waals surface area contributed by atoms with E-state index in [1.807, 2.05) is 34.4 Å². The summed E-state index contributed by atoms with van der Waals surface area (Å²) in [5.74, 6) is 1.30. The molecule has 1 fully saturated rings. The van der Waals surface area contributed by atoms with Gasteiger partial charge in [-0.25, -0.2) is 10.5 Å². The van der Waals surface area contributed by atoms with Gasteiger partial charge in [-0.3, -0.25) is 9.59 Å². The monoisotopic (exact) mass is 553 g/mol. The van der Waals surface area contributed by atoms with Crippen LogP contribution in [-0.2, 0) is 4.79 Å². The molecule has 206 valence electrons. The van der Waals surface area contributed by atoms with Gasteiger partial charge < -0.3 is 25.2 Å². The number of likely N-dealkylation sites (N-methyl/N-ethyl adjacent to an activating group) is 1. The number of halogens is 1. The van der Waals surface area contributed by atoms with Crippen molar-refractivity contribution >= 4 is 40.7 Å². The summed E-state index contributed by atoms with van der Waals surface area (Å²) in [6.45, 7) is 4.00. The largest absolute Gasteiger partial charge is 0.483 e. The Labute approximate surface area is 231 Å². The van der Waals surface area contributed by atoms with Gasteiger partial charge in [0.1, 0.15) is 17.4 Å². The van der Waals surface area contributed by atoms with Crippen molar-refractivity contribution in [3.63, 3.8) is 0 Å². The number of amides is 2. The van der Waals surface area contributed by atoms with Gasteiger partial charge in [-0.15, -0.1) is 0 Å². The van der Waals surface area contributed by atoms with E-state index in [0.29, 0.717) is 60.5 Å². The van der Waals surface area contributed by atoms with E-state index in [4.69, 9.17) is 32.0 Å². The van der Waals surface area contributed by atoms with Crippen molar-refractivity contribution in [2.24, 2.45) is 5.11 Å². The van der Waals surface area contributed by atoms with Gasteiger partial charge in [-0.05, 0) is 44.4 Å². The highest BCUT2D eigenvalue weighted by Gasteiger charge is 2.33. The van der Waals surface area contributed by atoms with Crippen LogP contribution in [0.1, 0.15) is 46.9 Å². The molecule has 2 amide bonds. The van der Waals surface area contributed by atoms with Gasteiger partial charge in [0.2, 0.25) is 0 Å². The van der Waals surface area contributed by atoms with Crippen molar-refractivity contribution in [2.45, 2.75) is 32.2 Å². The molecule has 3 aromatic rings. The predicted molar refractivity (Wildman–Crippen MR) is 147 cm³/mol. The summed E-state index contributed by atoms with van der Waals surface area (Å²) in [5.41, 5.74) is 9.69. The first-order chi connectivity index (χ1) is 18.9. The van der Waals surface area contributed by atoms with E-state index < -0.39 is 0 Å². The standard InChI is InChI=1S/C26H32ClN9O3/c1-16-24(30-8-9-31-28)32-22-14-19-20-5-3-4-11-35(20)26(38)18-13-17(27)6-7-21(18)39-15-23(37)29-10-12-34(2)25(16)36(22)33-19/h6-7,13-14,20,28H,3-5,8-12,15H2,1-2H3,(H,29,37)(H,30,32). The molecule has 12 nitrogen and oxygen atoms in total. The second kappa shape index (κ2) is 11.4. The molecule has 1 saturated heterocycles. The number of ether oxygens (including phenoxy) is 1. The molecule has 4 heterocycles. The van der Waals surface area contributed by atoms with Crippen LogP contribution in [0.2, 0.25) is 5.02 Å². The number of aromatic nitrogens is 3. The zero-order chi connectivity index (χ0) is 27.5. The highest BCUT2D eigenvalue weighted by molar-refractivity contribution is 6.31. The topological polar surface area (TPSA) is 140 Å². The average molecular weight is 554 g/mol. The van der Waals surface area contributed by atoms with Gasteiger partial charge in [0, 0.05) is 49.9 Å². The Morgan fingerprint density at radius 1 is 1.26 bits per heavy atom. The number of rotatable bonds is 4. The van der Waals surface area contributed by atoms with Gasteiger partial charge in [0.15, 0.2) is 12.3 Å². The molecule has 2 aliphatic rings. The summed E-state index contributed by atoms with van der Waals surface area (Å²) < 4.78 is 7.61. The van der Waals surface area contributed by atoms with Crippen LogP contribution in [0.3, 0.4) is 0 Å². The molecule has 2 bridgehead atoms. The van der Waals surface area contributed by atoms with Crippen molar-refractivity contribution in [2.75, 3.05) is 56.6 Å². The SMILES string of the molecule is Cc1c(NCCN=N)nc2cc3nn2c1N(C)CCNC(=O)COc1ccc(Cl)cc1C(=O)N1CCCCC31. The minimum atomic E-state index is -0.292. The van der Waals surface area contributed by atoms with Crippen LogP contribution < -0.4 is 20.3 Å². The number of nitrogens with zero attached hydrogens (tertiary/aromatic N) is 6. The molecule has 0 spiro atoms. The van der Waals surface area contributed by atoms with Gasteiger partial charge >= 0.3 is 0 Å². The average Bonchev–Trinajstić information content (AvgIpc) is 3.35. The molecule has 39 heavy (non-hydrogen) atoms. The van der Waals surface area contributed by atoms with E-state index in [-0.39, 0.29) is 24.5 Å². The van der Waals surface area contributed by atoms with Crippen molar-refractivity contribution in [1.29, 1.82) is 5.53 Å². The van der Waals surface area contributed by atoms with E-state index in [2.05, 4.69) is 15.7 Å². The first-order valence-electron chi connectivity index (χ1n) is 13.1. The van der Waals surface area contributed by atoms with E-state index >= 15 is 0 Å². The Morgan fingerprint density at radius 2 is 2.10 bits per heavy atom. The molecule has 5 rings (SSSR count). The van der Waals surface area contributed by atoms with Crippen molar-refractivity contribution in [3.8, 4) is 5.75 Å². The van der Waals surface area contributed by atoms with Crippen LogP contribution in [0.15, 0.2) is 29.4 Å². The number of anilines is 2. The summed E-state index contributed by atoms with van der Waals surface area (Å²) in [6, 6.07) is 6.55. The van der Waals surface area contributed by atoms with E-state index in [1.54, 1.807) is 18.2 Å². The highest BCUT2D eigenvalue weighted by Crippen LogP contribution is 2.36. The zero-order valence-electron chi connectivity index (χ0n) is 22.0. The summed E-state index contributed by atoms with van der Waals surface area (Å²) in [7, 11) is 1.94. The third-order valence-electron chi connectivity index (χ3n) is 7.11. The Kier molecular flexibility index (Phi) is 7.82. The molecule has 3 N–H and O–H groups in total. The molecule has 2 aromatic heterocycles. The Bertz CT molecular complexity index is 1410. The fourth-order valence-electron chi connectivity index (χ4n) is 5.20. The Morgan fingerprint density at radius 3 is 2.92 bits per heavy atom. The lowest BCUT2D eigenvalue weighted by molar-refractivity contribution is -0.123. The van der Waals surface area contributed by atoms with Crippen LogP contribution >= 0.6 is 11.6 Å². The molecule has 1 aromatic carbocycles. The van der Waals surface area contributed by atoms with Crippen LogP contribution in [0.25, 0.3) is 5.65 Å². The number of nitrogens with one attached hydrogen (secondary N) is 3. The maximum absolute atomic E-state index is 13.9. The fourth-order valence-corrected chi connectivity index (χ4v) is 5.37. The number of benzene rings is 1. The molecule has 1 unspecified atom stereocenters. The number of piperidine rings is 1. The molecular weight excluding hydrogens is 522 g/mol. The van der Waals surface area contributed by atoms with Gasteiger partial charge in [0.05, 0.1) is 23.8 Å². The number of fused-ring (bicyclic) bond motifs is 4. The molecule has 2 aliphatic heterocycles. The van der Waals surface area contributed by atoms with Gasteiger partial charge in [0.25, 0.3) is 11.8 Å². The fraction of sp³-hybridized carbons (Fsp3) is 0.462. The quantitative estimate of drug-likeness (QED) is 0.332. The maximum atomic E-state index is 13.9. The molecule has 0 radical (unpaired) electrons. The minimum absolute atomic E-state index is 0.218. The summed E-state index contributed by atoms with van der Waals surface area (Å²) in [4.78, 5) is 35.2. The Balaban J connectivity index is 1.63. The second-order valence-corrected chi connectivity index (χ2v) is 10.2. The predicted octanol–water partition coefficient (Wildman–Crippen LogP) is 3.45. The van der Waals surface area contributed by atoms with Gasteiger partial charge in [-0.2, -0.15) is 14.7 Å². The van der Waals surface area contributed by atoms with Crippen LogP contribution in [0, 0.1) is 12.5 Å². The zero-order valence-corrected chi connectivity index (χ0v) is 22.8. The van der Waals surface area contributed by atoms with Crippen LogP contribution in [-0.4, -0.2) is 77.7 Å². The highest BCUT2D eigenvalue weighted by atomic mass is 35.5. The molecule has 13 heteroatoms. The molecule has 0 aliphatic carbocycles. The first kappa shape index (κ1) is 26.7. The maximum Gasteiger partial charge on any atom is 0.258 e. The van der Waals surface area contributed by atoms with Crippen molar-refractivity contribution in [1.82, 2.24) is 24.8 Å². The van der Waals surface area contributed by atoms with E-state index in [9.17, 15) is 9.59 Å². The van der Waals surface area contributed by atoms with Crippen molar-refractivity contribution in [3.05, 3.63) is 46.1 Å². The molecule has 1 atom stereocenters. The lowest BCUT2D eigenvalue weighted by Crippen LogP contribution is -2.39. The van der Waals surface area contributed by atoms with E-state index in [0.717, 1.165) is 36.3 Å². The molecular formula is C26H32ClN9O3. The van der Waals surface area contributed by atoms with Crippen molar-refractivity contribution < 1.29 is 14.3 Å². The number of carbonyl (C=O) groups excluding carboxylic acids is 2. The number of carbonyl (C=O) groups is 2. The Hall–Kier alpha value is -3.93. The minimum Gasteiger partial charge on any atom is -0.483 e.